The Labute approximate surface area is 353 Å². The number of hydrogen-bond acceptors (Lipinski definition) is 21. The van der Waals surface area contributed by atoms with Gasteiger partial charge < -0.3 is 57.3 Å². The number of rotatable bonds is 8. The van der Waals surface area contributed by atoms with Crippen molar-refractivity contribution in [1.82, 2.24) is 4.98 Å². The van der Waals surface area contributed by atoms with Crippen LogP contribution in [0.3, 0.4) is 0 Å². The molecule has 0 radical (unpaired) electrons. The van der Waals surface area contributed by atoms with Crippen LogP contribution in [0, 0.1) is 11.3 Å². The summed E-state index contributed by atoms with van der Waals surface area (Å²) in [5.74, 6) is -12.2. The van der Waals surface area contributed by atoms with Crippen LogP contribution in [0.1, 0.15) is 94.6 Å². The van der Waals surface area contributed by atoms with Gasteiger partial charge in [-0.2, -0.15) is 0 Å². The summed E-state index contributed by atoms with van der Waals surface area (Å²) in [4.78, 5) is 113. The molecule has 2 aliphatic carbocycles. The number of ether oxygens (including phenoxy) is 9. The van der Waals surface area contributed by atoms with Crippen molar-refractivity contribution in [3.05, 3.63) is 53.7 Å². The van der Waals surface area contributed by atoms with Gasteiger partial charge in [-0.15, -0.1) is 0 Å². The number of fused-ring (bicyclic) bond motifs is 5. The van der Waals surface area contributed by atoms with Gasteiger partial charge in [-0.3, -0.25) is 29.0 Å². The Morgan fingerprint density at radius 3 is 1.94 bits per heavy atom. The summed E-state index contributed by atoms with van der Waals surface area (Å²) in [6.07, 6.45) is -9.37. The first-order chi connectivity index (χ1) is 28.9. The van der Waals surface area contributed by atoms with Gasteiger partial charge in [-0.1, -0.05) is 6.92 Å². The van der Waals surface area contributed by atoms with Gasteiger partial charge in [0.15, 0.2) is 35.6 Å². The summed E-state index contributed by atoms with van der Waals surface area (Å²) in [7, 11) is 0. The predicted molar refractivity (Wildman–Crippen MR) is 199 cm³/mol. The number of cyclic esters (lactones) is 1. The van der Waals surface area contributed by atoms with Gasteiger partial charge in [0.25, 0.3) is 0 Å². The number of aliphatic hydroxyl groups is 2. The van der Waals surface area contributed by atoms with E-state index in [4.69, 9.17) is 47.0 Å². The quantitative estimate of drug-likeness (QED) is 0.277. The SMILES string of the molecule is CC(=O)O[C@@H]1[C@@H]2[C@@H](OC(C)=O)[C@@]34O[C@@]2(C)COC(=O)c2cccnc2[C@@H](C)C(C)(O)C(=O)O[C@@H]([C@H](OC(C)=O)[C@H](OC(C)=O)[C@@]3(COC(=O)c2ccoc2)[C@@H]1OC(C)=O)[C@]4(C)O. The maximum absolute atomic E-state index is 14.5. The Balaban J connectivity index is 1.80. The van der Waals surface area contributed by atoms with Crippen molar-refractivity contribution in [2.24, 2.45) is 11.3 Å². The number of carbonyl (C=O) groups excluding carboxylic acids is 8. The standard InChI is InChI=1S/C41H47NO20/c1-18-27-25(11-10-13-42-27)35(49)54-16-37(7)26-28(56-19(2)43)32(59-22(5)46)40(17-55-34(48)24-12-14-53-15-24)33(60-23(6)47)29(57-20(3)44)31(61-36(50)38(18,8)51)39(9,52)41(40,62-37)30(26)58-21(4)45/h10-15,18,26,28-33,51-52H,16-17H2,1-9H3/t18-,26-,28-,29+,30-,31+,32-,33+,37+,38?,39+,40-,41+/m1/s1. The van der Waals surface area contributed by atoms with Crippen molar-refractivity contribution in [2.45, 2.75) is 127 Å². The molecule has 0 amide bonds. The molecule has 2 aromatic rings. The Kier molecular flexibility index (Phi) is 11.8. The third kappa shape index (κ3) is 7.14. The summed E-state index contributed by atoms with van der Waals surface area (Å²) >= 11 is 0. The Morgan fingerprint density at radius 1 is 0.806 bits per heavy atom. The van der Waals surface area contributed by atoms with E-state index in [9.17, 15) is 48.6 Å². The van der Waals surface area contributed by atoms with Gasteiger partial charge in [-0.25, -0.2) is 14.4 Å². The summed E-state index contributed by atoms with van der Waals surface area (Å²) in [5.41, 5.74) is -14.0. The summed E-state index contributed by atoms with van der Waals surface area (Å²) in [5, 5.41) is 25.5. The lowest BCUT2D eigenvalue weighted by Gasteiger charge is -2.67. The molecular weight excluding hydrogens is 826 g/mol. The van der Waals surface area contributed by atoms with Crippen molar-refractivity contribution >= 4 is 47.8 Å². The fraction of sp³-hybridized carbons (Fsp3) is 0.585. The average Bonchev–Trinajstić information content (AvgIpc) is 3.79. The molecule has 2 N–H and O–H groups in total. The van der Waals surface area contributed by atoms with Crippen LogP contribution in [-0.4, -0.2) is 135 Å². The number of nitrogens with zero attached hydrogens (tertiary/aromatic N) is 1. The van der Waals surface area contributed by atoms with Crippen LogP contribution in [0.25, 0.3) is 0 Å². The number of hydrogen-bond donors (Lipinski definition) is 2. The molecule has 1 spiro atoms. The summed E-state index contributed by atoms with van der Waals surface area (Å²) < 4.78 is 59.7. The average molecular weight is 874 g/mol. The molecule has 1 unspecified atom stereocenters. The third-order valence-corrected chi connectivity index (χ3v) is 12.2. The second kappa shape index (κ2) is 16.1. The summed E-state index contributed by atoms with van der Waals surface area (Å²) in [6, 6.07) is 3.92. The molecule has 21 heteroatoms. The van der Waals surface area contributed by atoms with Crippen molar-refractivity contribution in [3.8, 4) is 0 Å². The van der Waals surface area contributed by atoms with E-state index in [0.29, 0.717) is 0 Å². The molecule has 62 heavy (non-hydrogen) atoms. The predicted octanol–water partition coefficient (Wildman–Crippen LogP) is 1.04. The highest BCUT2D eigenvalue weighted by Gasteiger charge is 2.92. The monoisotopic (exact) mass is 873 g/mol. The van der Waals surface area contributed by atoms with Crippen LogP contribution in [0.15, 0.2) is 41.3 Å². The van der Waals surface area contributed by atoms with Crippen molar-refractivity contribution in [3.63, 3.8) is 0 Å². The van der Waals surface area contributed by atoms with Gasteiger partial charge in [-0.05, 0) is 39.0 Å². The molecule has 6 rings (SSSR count). The van der Waals surface area contributed by atoms with Crippen molar-refractivity contribution in [1.29, 1.82) is 0 Å². The molecule has 3 fully saturated rings. The van der Waals surface area contributed by atoms with Crippen LogP contribution >= 0.6 is 0 Å². The zero-order valence-corrected chi connectivity index (χ0v) is 35.2. The summed E-state index contributed by atoms with van der Waals surface area (Å²) in [6.45, 7) is 7.41. The molecule has 4 bridgehead atoms. The van der Waals surface area contributed by atoms with E-state index in [1.54, 1.807) is 0 Å². The Hall–Kier alpha value is -5.93. The van der Waals surface area contributed by atoms with Crippen LogP contribution in [0.4, 0.5) is 0 Å². The van der Waals surface area contributed by atoms with E-state index in [1.165, 1.54) is 38.2 Å². The topological polar surface area (TPSA) is 286 Å². The highest BCUT2D eigenvalue weighted by molar-refractivity contribution is 5.92. The van der Waals surface area contributed by atoms with E-state index >= 15 is 0 Å². The first-order valence-electron chi connectivity index (χ1n) is 19.4. The third-order valence-electron chi connectivity index (χ3n) is 12.2. The van der Waals surface area contributed by atoms with Gasteiger partial charge in [0.1, 0.15) is 48.3 Å². The maximum Gasteiger partial charge on any atom is 0.341 e. The molecule has 4 heterocycles. The van der Waals surface area contributed by atoms with E-state index in [-0.39, 0.29) is 16.8 Å². The first-order valence-corrected chi connectivity index (χ1v) is 19.4. The molecular formula is C41H47NO20. The van der Waals surface area contributed by atoms with E-state index in [2.05, 4.69) is 4.98 Å². The van der Waals surface area contributed by atoms with Crippen LogP contribution in [-0.2, 0) is 71.4 Å². The molecule has 2 aliphatic heterocycles. The molecule has 4 aliphatic rings. The lowest BCUT2D eigenvalue weighted by Crippen LogP contribution is -2.89. The molecule has 13 atom stereocenters. The zero-order chi connectivity index (χ0) is 45.9. The first kappa shape index (κ1) is 45.6. The Bertz CT molecular complexity index is 2170. The minimum absolute atomic E-state index is 0.141. The number of pyridine rings is 1. The molecule has 2 saturated carbocycles. The van der Waals surface area contributed by atoms with E-state index in [1.807, 2.05) is 0 Å². The number of furan rings is 1. The number of esters is 8. The van der Waals surface area contributed by atoms with Crippen LogP contribution < -0.4 is 0 Å². The highest BCUT2D eigenvalue weighted by atomic mass is 16.7. The fourth-order valence-electron chi connectivity index (χ4n) is 9.66. The van der Waals surface area contributed by atoms with Crippen LogP contribution in [0.2, 0.25) is 0 Å². The second-order valence-corrected chi connectivity index (χ2v) is 16.4. The lowest BCUT2D eigenvalue weighted by molar-refractivity contribution is -0.387. The second-order valence-electron chi connectivity index (χ2n) is 16.4. The van der Waals surface area contributed by atoms with Gasteiger partial charge in [0.05, 0.1) is 29.0 Å². The number of aromatic nitrogens is 1. The molecule has 336 valence electrons. The normalized spacial score (nSPS) is 37.3. The van der Waals surface area contributed by atoms with Gasteiger partial charge in [0, 0.05) is 46.7 Å². The molecule has 1 saturated heterocycles. The highest BCUT2D eigenvalue weighted by Crippen LogP contribution is 2.70. The minimum Gasteiger partial charge on any atom is -0.472 e. The smallest absolute Gasteiger partial charge is 0.341 e. The van der Waals surface area contributed by atoms with Gasteiger partial charge in [0.2, 0.25) is 0 Å². The van der Waals surface area contributed by atoms with E-state index in [0.717, 1.165) is 61.0 Å². The van der Waals surface area contributed by atoms with E-state index < -0.39 is 137 Å². The molecule has 0 aromatic carbocycles. The molecule has 2 aromatic heterocycles. The van der Waals surface area contributed by atoms with Crippen molar-refractivity contribution < 1.29 is 95.6 Å². The number of carbonyl (C=O) groups is 8. The largest absolute Gasteiger partial charge is 0.472 e. The lowest BCUT2D eigenvalue weighted by atomic mass is 9.45. The maximum atomic E-state index is 14.5. The molecule has 21 nitrogen and oxygen atoms in total. The van der Waals surface area contributed by atoms with Gasteiger partial charge >= 0.3 is 47.8 Å². The Morgan fingerprint density at radius 2 is 1.37 bits per heavy atom. The van der Waals surface area contributed by atoms with Crippen molar-refractivity contribution in [2.75, 3.05) is 13.2 Å². The minimum atomic E-state index is -3.00. The zero-order valence-electron chi connectivity index (χ0n) is 35.2. The fourth-order valence-corrected chi connectivity index (χ4v) is 9.66. The van der Waals surface area contributed by atoms with Crippen LogP contribution in [0.5, 0.6) is 0 Å².